The van der Waals surface area contributed by atoms with Crippen LogP contribution in [0.2, 0.25) is 5.02 Å². The number of amides is 1. The molecule has 0 saturated carbocycles. The van der Waals surface area contributed by atoms with Crippen molar-refractivity contribution in [1.82, 2.24) is 5.32 Å². The van der Waals surface area contributed by atoms with Crippen LogP contribution in [0, 0.1) is 5.82 Å². The lowest BCUT2D eigenvalue weighted by molar-refractivity contribution is -0.144. The van der Waals surface area contributed by atoms with Gasteiger partial charge in [-0.25, -0.2) is 4.39 Å². The summed E-state index contributed by atoms with van der Waals surface area (Å²) in [6.07, 6.45) is 0.326. The van der Waals surface area contributed by atoms with E-state index in [2.05, 4.69) is 10.6 Å². The van der Waals surface area contributed by atoms with E-state index in [4.69, 9.17) is 16.7 Å². The molecule has 0 aliphatic rings. The SMILES string of the molecule is CCC(C)(NCC(=O)Nc1ccc(F)cc1Cl)C(=O)O. The molecule has 1 atom stereocenters. The molecule has 5 nitrogen and oxygen atoms in total. The van der Waals surface area contributed by atoms with Crippen molar-refractivity contribution in [3.8, 4) is 0 Å². The summed E-state index contributed by atoms with van der Waals surface area (Å²) in [6, 6.07) is 3.59. The predicted octanol–water partition coefficient (Wildman–Crippen LogP) is 2.26. The van der Waals surface area contributed by atoms with Gasteiger partial charge in [0.15, 0.2) is 0 Å². The van der Waals surface area contributed by atoms with Crippen molar-refractivity contribution in [2.75, 3.05) is 11.9 Å². The minimum absolute atomic E-state index is 0.0786. The van der Waals surface area contributed by atoms with Crippen molar-refractivity contribution in [3.63, 3.8) is 0 Å². The second-order valence-corrected chi connectivity index (χ2v) is 4.92. The average molecular weight is 303 g/mol. The van der Waals surface area contributed by atoms with Gasteiger partial charge >= 0.3 is 5.97 Å². The van der Waals surface area contributed by atoms with E-state index in [0.29, 0.717) is 6.42 Å². The summed E-state index contributed by atoms with van der Waals surface area (Å²) in [4.78, 5) is 22.8. The topological polar surface area (TPSA) is 78.4 Å². The molecule has 0 spiro atoms. The number of carbonyl (C=O) groups excluding carboxylic acids is 1. The van der Waals surface area contributed by atoms with Crippen molar-refractivity contribution in [1.29, 1.82) is 0 Å². The Kier molecular flexibility index (Phi) is 5.47. The molecule has 110 valence electrons. The highest BCUT2D eigenvalue weighted by Crippen LogP contribution is 2.22. The number of carboxylic acids is 1. The van der Waals surface area contributed by atoms with E-state index >= 15 is 0 Å². The summed E-state index contributed by atoms with van der Waals surface area (Å²) in [5.74, 6) is -2.00. The molecule has 0 radical (unpaired) electrons. The highest BCUT2D eigenvalue weighted by molar-refractivity contribution is 6.33. The first-order chi connectivity index (χ1) is 9.28. The first-order valence-electron chi connectivity index (χ1n) is 6.02. The van der Waals surface area contributed by atoms with E-state index in [1.54, 1.807) is 6.92 Å². The highest BCUT2D eigenvalue weighted by atomic mass is 35.5. The molecule has 0 aromatic heterocycles. The molecule has 7 heteroatoms. The molecule has 0 bridgehead atoms. The largest absolute Gasteiger partial charge is 0.480 e. The predicted molar refractivity (Wildman–Crippen MR) is 74.4 cm³/mol. The standard InChI is InChI=1S/C13H16ClFN2O3/c1-3-13(2,12(19)20)16-7-11(18)17-10-5-4-8(15)6-9(10)14/h4-6,16H,3,7H2,1-2H3,(H,17,18)(H,19,20). The first-order valence-corrected chi connectivity index (χ1v) is 6.39. The number of benzene rings is 1. The molecule has 0 saturated heterocycles. The van der Waals surface area contributed by atoms with Crippen molar-refractivity contribution in [3.05, 3.63) is 29.0 Å². The Labute approximate surface area is 121 Å². The fourth-order valence-electron chi connectivity index (χ4n) is 1.41. The quantitative estimate of drug-likeness (QED) is 0.753. The van der Waals surface area contributed by atoms with Crippen LogP contribution in [0.5, 0.6) is 0 Å². The second-order valence-electron chi connectivity index (χ2n) is 4.52. The molecule has 1 rings (SSSR count). The number of carboxylic acid groups (broad SMARTS) is 1. The molecule has 1 amide bonds. The number of hydrogen-bond donors (Lipinski definition) is 3. The van der Waals surface area contributed by atoms with Crippen LogP contribution in [0.15, 0.2) is 18.2 Å². The van der Waals surface area contributed by atoms with E-state index in [1.165, 1.54) is 19.1 Å². The lowest BCUT2D eigenvalue weighted by atomic mass is 9.99. The summed E-state index contributed by atoms with van der Waals surface area (Å²) in [6.45, 7) is 3.01. The van der Waals surface area contributed by atoms with Crippen LogP contribution in [0.3, 0.4) is 0 Å². The third-order valence-corrected chi connectivity index (χ3v) is 3.34. The number of rotatable bonds is 6. The smallest absolute Gasteiger partial charge is 0.323 e. The van der Waals surface area contributed by atoms with Gasteiger partial charge in [-0.2, -0.15) is 0 Å². The van der Waals surface area contributed by atoms with Crippen molar-refractivity contribution in [2.45, 2.75) is 25.8 Å². The minimum atomic E-state index is -1.18. The van der Waals surface area contributed by atoms with Crippen LogP contribution in [0.4, 0.5) is 10.1 Å². The summed E-state index contributed by atoms with van der Waals surface area (Å²) < 4.78 is 12.8. The van der Waals surface area contributed by atoms with E-state index in [9.17, 15) is 14.0 Å². The second kappa shape index (κ2) is 6.67. The van der Waals surface area contributed by atoms with Crippen LogP contribution < -0.4 is 10.6 Å². The Morgan fingerprint density at radius 1 is 1.45 bits per heavy atom. The van der Waals surface area contributed by atoms with E-state index in [0.717, 1.165) is 6.07 Å². The number of nitrogens with one attached hydrogen (secondary N) is 2. The van der Waals surface area contributed by atoms with Gasteiger partial charge in [-0.3, -0.25) is 14.9 Å². The van der Waals surface area contributed by atoms with Gasteiger partial charge in [0.25, 0.3) is 0 Å². The summed E-state index contributed by atoms with van der Waals surface area (Å²) >= 11 is 5.77. The fourth-order valence-corrected chi connectivity index (χ4v) is 1.63. The van der Waals surface area contributed by atoms with Gasteiger partial charge in [0, 0.05) is 0 Å². The van der Waals surface area contributed by atoms with Crippen LogP contribution in [0.25, 0.3) is 0 Å². The van der Waals surface area contributed by atoms with Crippen molar-refractivity contribution < 1.29 is 19.1 Å². The van der Waals surface area contributed by atoms with Gasteiger partial charge in [0.1, 0.15) is 11.4 Å². The maximum atomic E-state index is 12.8. The lowest BCUT2D eigenvalue weighted by Crippen LogP contribution is -2.51. The number of halogens is 2. The molecule has 3 N–H and O–H groups in total. The molecule has 0 aliphatic carbocycles. The molecule has 0 heterocycles. The third kappa shape index (κ3) is 4.18. The van der Waals surface area contributed by atoms with E-state index in [1.807, 2.05) is 0 Å². The fraction of sp³-hybridized carbons (Fsp3) is 0.385. The van der Waals surface area contributed by atoms with Gasteiger partial charge in [0.2, 0.25) is 5.91 Å². The molecule has 1 aromatic carbocycles. The van der Waals surface area contributed by atoms with Crippen molar-refractivity contribution in [2.24, 2.45) is 0 Å². The third-order valence-electron chi connectivity index (χ3n) is 3.02. The Morgan fingerprint density at radius 3 is 2.60 bits per heavy atom. The molecule has 1 unspecified atom stereocenters. The number of hydrogen-bond acceptors (Lipinski definition) is 3. The number of carbonyl (C=O) groups is 2. The van der Waals surface area contributed by atoms with Gasteiger partial charge in [0.05, 0.1) is 17.3 Å². The number of anilines is 1. The monoisotopic (exact) mass is 302 g/mol. The zero-order valence-electron chi connectivity index (χ0n) is 11.2. The zero-order valence-corrected chi connectivity index (χ0v) is 11.9. The normalized spacial score (nSPS) is 13.6. The maximum absolute atomic E-state index is 12.8. The highest BCUT2D eigenvalue weighted by Gasteiger charge is 2.30. The maximum Gasteiger partial charge on any atom is 0.323 e. The van der Waals surface area contributed by atoms with Crippen LogP contribution >= 0.6 is 11.6 Å². The van der Waals surface area contributed by atoms with Gasteiger partial charge in [-0.15, -0.1) is 0 Å². The van der Waals surface area contributed by atoms with Crippen LogP contribution in [0.1, 0.15) is 20.3 Å². The lowest BCUT2D eigenvalue weighted by Gasteiger charge is -2.24. The summed E-state index contributed by atoms with van der Waals surface area (Å²) in [7, 11) is 0. The van der Waals surface area contributed by atoms with Crippen LogP contribution in [-0.2, 0) is 9.59 Å². The van der Waals surface area contributed by atoms with E-state index in [-0.39, 0.29) is 17.3 Å². The molecule has 0 fully saturated rings. The molecule has 0 aliphatic heterocycles. The molecular weight excluding hydrogens is 287 g/mol. The van der Waals surface area contributed by atoms with Crippen LogP contribution in [-0.4, -0.2) is 29.1 Å². The Morgan fingerprint density at radius 2 is 2.10 bits per heavy atom. The minimum Gasteiger partial charge on any atom is -0.480 e. The summed E-state index contributed by atoms with van der Waals surface area (Å²) in [5, 5.41) is 14.3. The molecule has 1 aromatic rings. The Bertz CT molecular complexity index is 524. The van der Waals surface area contributed by atoms with Crippen molar-refractivity contribution >= 4 is 29.2 Å². The number of aliphatic carboxylic acids is 1. The average Bonchev–Trinajstić information content (AvgIpc) is 2.39. The summed E-state index contributed by atoms with van der Waals surface area (Å²) in [5.41, 5.74) is -0.905. The van der Waals surface area contributed by atoms with E-state index < -0.39 is 23.2 Å². The van der Waals surface area contributed by atoms with Gasteiger partial charge in [-0.1, -0.05) is 18.5 Å². The molecular formula is C13H16ClFN2O3. The Balaban J connectivity index is 2.62. The van der Waals surface area contributed by atoms with Gasteiger partial charge < -0.3 is 10.4 Å². The first kappa shape index (κ1) is 16.4. The zero-order chi connectivity index (χ0) is 15.3. The molecule has 20 heavy (non-hydrogen) atoms. The van der Waals surface area contributed by atoms with Gasteiger partial charge in [-0.05, 0) is 31.5 Å². The Hall–Kier alpha value is -1.66.